The topological polar surface area (TPSA) is 88.8 Å². The fraction of sp³-hybridized carbons (Fsp3) is 0.452. The van der Waals surface area contributed by atoms with Crippen LogP contribution in [-0.4, -0.2) is 71.9 Å². The Morgan fingerprint density at radius 1 is 1.10 bits per heavy atom. The van der Waals surface area contributed by atoms with Crippen LogP contribution < -0.4 is 10.2 Å². The van der Waals surface area contributed by atoms with E-state index in [1.54, 1.807) is 23.2 Å². The number of aromatic nitrogens is 1. The molecular weight excluding hydrogens is 526 g/mol. The van der Waals surface area contributed by atoms with E-state index in [0.717, 1.165) is 23.9 Å². The fourth-order valence-corrected chi connectivity index (χ4v) is 7.10. The summed E-state index contributed by atoms with van der Waals surface area (Å²) in [6, 6.07) is 11.9. The first kappa shape index (κ1) is 26.8. The van der Waals surface area contributed by atoms with Crippen molar-refractivity contribution in [1.29, 1.82) is 0 Å². The number of imide groups is 1. The van der Waals surface area contributed by atoms with Crippen molar-refractivity contribution in [2.75, 3.05) is 32.1 Å². The van der Waals surface area contributed by atoms with Crippen LogP contribution in [0.25, 0.3) is 10.9 Å². The van der Waals surface area contributed by atoms with Gasteiger partial charge in [0.15, 0.2) is 0 Å². The predicted octanol–water partition coefficient (Wildman–Crippen LogP) is 5.31. The van der Waals surface area contributed by atoms with Crippen molar-refractivity contribution in [1.82, 2.24) is 20.1 Å². The molecule has 3 heterocycles. The number of nitrogens with zero attached hydrogens (tertiary/aromatic N) is 3. The summed E-state index contributed by atoms with van der Waals surface area (Å²) in [5.41, 5.74) is 3.28. The number of benzene rings is 2. The van der Waals surface area contributed by atoms with E-state index in [1.807, 2.05) is 18.2 Å². The average molecular weight is 562 g/mol. The second-order valence-corrected chi connectivity index (χ2v) is 12.2. The molecule has 6 rings (SSSR count). The largest absolute Gasteiger partial charge is 0.360 e. The molecule has 9 heteroatoms. The van der Waals surface area contributed by atoms with Crippen LogP contribution in [0.15, 0.2) is 48.7 Å². The molecule has 0 spiro atoms. The Morgan fingerprint density at radius 3 is 2.58 bits per heavy atom. The van der Waals surface area contributed by atoms with Crippen LogP contribution in [0.4, 0.5) is 10.5 Å². The number of aromatic amines is 1. The first-order valence-corrected chi connectivity index (χ1v) is 14.6. The van der Waals surface area contributed by atoms with Crippen LogP contribution in [0.2, 0.25) is 5.02 Å². The van der Waals surface area contributed by atoms with E-state index in [1.165, 1.54) is 36.1 Å². The van der Waals surface area contributed by atoms with E-state index in [-0.39, 0.29) is 23.3 Å². The Hall–Kier alpha value is -3.36. The van der Waals surface area contributed by atoms with E-state index in [0.29, 0.717) is 35.7 Å². The van der Waals surface area contributed by atoms with Gasteiger partial charge in [0, 0.05) is 29.2 Å². The van der Waals surface area contributed by atoms with E-state index >= 15 is 0 Å². The molecule has 3 aromatic rings. The maximum Gasteiger partial charge on any atom is 0.332 e. The van der Waals surface area contributed by atoms with E-state index in [9.17, 15) is 14.4 Å². The predicted molar refractivity (Wildman–Crippen MR) is 157 cm³/mol. The third-order valence-electron chi connectivity index (χ3n) is 9.09. The molecule has 4 amide bonds. The number of piperidine rings is 1. The molecule has 3 aliphatic rings. The standard InChI is InChI=1S/C31H36ClN5O3/c1-35(2)17-15-31(13-3-4-14-31)21-8-10-22(11-9-21)37-29(39)27-25(6-5-16-36(27)30(37)40)34-28(38)20-7-12-23-24(32)19-33-26(23)18-20/h7-12,18-19,25,27,33H,3-6,13-17H2,1-2H3,(H,34,38)/t25-,27+/m1/s1. The molecule has 1 aromatic heterocycles. The molecule has 40 heavy (non-hydrogen) atoms. The SMILES string of the molecule is CN(C)CCC1(c2ccc(N3C(=O)[C@@H]4[C@H](NC(=O)c5ccc6c(Cl)c[nH]c6c5)CCCN4C3=O)cc2)CCCC1. The summed E-state index contributed by atoms with van der Waals surface area (Å²) in [6.45, 7) is 1.53. The lowest BCUT2D eigenvalue weighted by molar-refractivity contribution is -0.121. The van der Waals surface area contributed by atoms with Gasteiger partial charge in [-0.2, -0.15) is 0 Å². The molecule has 0 bridgehead atoms. The minimum atomic E-state index is -0.713. The first-order valence-electron chi connectivity index (χ1n) is 14.2. The van der Waals surface area contributed by atoms with Crippen molar-refractivity contribution in [2.45, 2.75) is 62.4 Å². The summed E-state index contributed by atoms with van der Waals surface area (Å²) < 4.78 is 0. The van der Waals surface area contributed by atoms with Gasteiger partial charge in [0.25, 0.3) is 11.8 Å². The maximum atomic E-state index is 13.7. The number of hydrogen-bond acceptors (Lipinski definition) is 4. The minimum Gasteiger partial charge on any atom is -0.360 e. The molecule has 2 aliphatic heterocycles. The minimum absolute atomic E-state index is 0.156. The Balaban J connectivity index is 1.20. The van der Waals surface area contributed by atoms with E-state index in [4.69, 9.17) is 11.6 Å². The van der Waals surface area contributed by atoms with Crippen LogP contribution >= 0.6 is 11.6 Å². The maximum absolute atomic E-state index is 13.7. The van der Waals surface area contributed by atoms with Gasteiger partial charge in [-0.1, -0.05) is 42.6 Å². The number of urea groups is 1. The van der Waals surface area contributed by atoms with Gasteiger partial charge < -0.3 is 20.1 Å². The molecule has 3 fully saturated rings. The third-order valence-corrected chi connectivity index (χ3v) is 9.40. The summed E-state index contributed by atoms with van der Waals surface area (Å²) in [5, 5.41) is 4.49. The lowest BCUT2D eigenvalue weighted by Gasteiger charge is -2.34. The Morgan fingerprint density at radius 2 is 1.85 bits per heavy atom. The van der Waals surface area contributed by atoms with E-state index in [2.05, 4.69) is 41.4 Å². The van der Waals surface area contributed by atoms with Gasteiger partial charge in [0.2, 0.25) is 0 Å². The molecule has 2 N–H and O–H groups in total. The van der Waals surface area contributed by atoms with Crippen molar-refractivity contribution < 1.29 is 14.4 Å². The van der Waals surface area contributed by atoms with Crippen molar-refractivity contribution in [2.24, 2.45) is 0 Å². The molecule has 210 valence electrons. The quantitative estimate of drug-likeness (QED) is 0.382. The van der Waals surface area contributed by atoms with Gasteiger partial charge >= 0.3 is 6.03 Å². The lowest BCUT2D eigenvalue weighted by Crippen LogP contribution is -2.55. The molecule has 0 unspecified atom stereocenters. The molecule has 1 saturated carbocycles. The Labute approximate surface area is 239 Å². The van der Waals surface area contributed by atoms with Gasteiger partial charge in [-0.25, -0.2) is 9.69 Å². The van der Waals surface area contributed by atoms with Crippen LogP contribution in [0.5, 0.6) is 0 Å². The third kappa shape index (κ3) is 4.67. The van der Waals surface area contributed by atoms with Gasteiger partial charge in [-0.3, -0.25) is 9.59 Å². The number of nitrogens with one attached hydrogen (secondary N) is 2. The lowest BCUT2D eigenvalue weighted by atomic mass is 9.76. The highest BCUT2D eigenvalue weighted by molar-refractivity contribution is 6.35. The van der Waals surface area contributed by atoms with Gasteiger partial charge in [-0.15, -0.1) is 0 Å². The number of amides is 4. The van der Waals surface area contributed by atoms with Crippen LogP contribution in [-0.2, 0) is 10.2 Å². The number of hydrogen-bond donors (Lipinski definition) is 2. The number of rotatable bonds is 7. The monoisotopic (exact) mass is 561 g/mol. The first-order chi connectivity index (χ1) is 19.3. The summed E-state index contributed by atoms with van der Waals surface area (Å²) >= 11 is 6.18. The molecule has 8 nitrogen and oxygen atoms in total. The fourth-order valence-electron chi connectivity index (χ4n) is 6.88. The van der Waals surface area contributed by atoms with Crippen molar-refractivity contribution in [3.8, 4) is 0 Å². The molecule has 2 aromatic carbocycles. The number of carbonyl (C=O) groups is 3. The second kappa shape index (κ2) is 10.6. The zero-order chi connectivity index (χ0) is 28.0. The summed E-state index contributed by atoms with van der Waals surface area (Å²) in [4.78, 5) is 48.6. The Bertz CT molecular complexity index is 1440. The van der Waals surface area contributed by atoms with Crippen LogP contribution in [0.3, 0.4) is 0 Å². The van der Waals surface area contributed by atoms with Crippen molar-refractivity contribution in [3.05, 3.63) is 64.8 Å². The number of anilines is 1. The molecule has 2 atom stereocenters. The van der Waals surface area contributed by atoms with Gasteiger partial charge in [0.05, 0.1) is 16.8 Å². The zero-order valence-corrected chi connectivity index (χ0v) is 23.8. The average Bonchev–Trinajstić information content (AvgIpc) is 3.65. The number of halogens is 1. The van der Waals surface area contributed by atoms with E-state index < -0.39 is 12.1 Å². The van der Waals surface area contributed by atoms with Crippen molar-refractivity contribution >= 4 is 46.0 Å². The zero-order valence-electron chi connectivity index (χ0n) is 23.1. The van der Waals surface area contributed by atoms with Gasteiger partial charge in [-0.05, 0) is 88.0 Å². The molecule has 0 radical (unpaired) electrons. The van der Waals surface area contributed by atoms with Crippen LogP contribution in [0.1, 0.15) is 60.9 Å². The summed E-state index contributed by atoms with van der Waals surface area (Å²) in [6.07, 6.45) is 8.93. The highest BCUT2D eigenvalue weighted by atomic mass is 35.5. The summed E-state index contributed by atoms with van der Waals surface area (Å²) in [5.74, 6) is -0.556. The number of carbonyl (C=O) groups excluding carboxylic acids is 3. The molecule has 1 aliphatic carbocycles. The summed E-state index contributed by atoms with van der Waals surface area (Å²) in [7, 11) is 4.22. The highest BCUT2D eigenvalue weighted by Crippen LogP contribution is 2.44. The smallest absolute Gasteiger partial charge is 0.332 e. The Kier molecular flexibility index (Phi) is 7.09. The molecule has 2 saturated heterocycles. The number of fused-ring (bicyclic) bond motifs is 2. The normalized spacial score (nSPS) is 22.4. The van der Waals surface area contributed by atoms with Crippen LogP contribution in [0, 0.1) is 0 Å². The second-order valence-electron chi connectivity index (χ2n) is 11.8. The van der Waals surface area contributed by atoms with Gasteiger partial charge in [0.1, 0.15) is 6.04 Å². The number of H-pyrrole nitrogens is 1. The molecular formula is C31H36ClN5O3. The van der Waals surface area contributed by atoms with Crippen molar-refractivity contribution in [3.63, 3.8) is 0 Å². The highest BCUT2D eigenvalue weighted by Gasteiger charge is 2.51.